The van der Waals surface area contributed by atoms with Crippen molar-refractivity contribution in [2.75, 3.05) is 0 Å². The van der Waals surface area contributed by atoms with Crippen molar-refractivity contribution >= 4 is 21.4 Å². The summed E-state index contributed by atoms with van der Waals surface area (Å²) in [5.41, 5.74) is 6.16. The highest BCUT2D eigenvalue weighted by Crippen LogP contribution is 2.28. The van der Waals surface area contributed by atoms with Gasteiger partial charge >= 0.3 is 6.18 Å². The lowest BCUT2D eigenvalue weighted by Crippen LogP contribution is -2.46. The monoisotopic (exact) mass is 275 g/mol. The van der Waals surface area contributed by atoms with Crippen LogP contribution in [0, 0.1) is 0 Å². The average Bonchev–Trinajstić information content (AvgIpc) is 2.70. The molecule has 1 aromatic carbocycles. The second-order valence-corrected chi connectivity index (χ2v) is 5.02. The third-order valence-corrected chi connectivity index (χ3v) is 3.77. The fourth-order valence-corrected chi connectivity index (χ4v) is 2.77. The van der Waals surface area contributed by atoms with Crippen LogP contribution in [0.5, 0.6) is 0 Å². The molecule has 0 fully saturated rings. The fraction of sp³-hybridized carbons (Fsp3) is 0.333. The van der Waals surface area contributed by atoms with Gasteiger partial charge in [-0.1, -0.05) is 18.2 Å². The van der Waals surface area contributed by atoms with E-state index in [2.05, 4.69) is 0 Å². The van der Waals surface area contributed by atoms with E-state index >= 15 is 0 Å². The molecule has 1 heterocycles. The van der Waals surface area contributed by atoms with Gasteiger partial charge in [0.1, 0.15) is 0 Å². The number of rotatable bonds is 3. The maximum atomic E-state index is 12.3. The molecule has 0 bridgehead atoms. The molecule has 2 nitrogen and oxygen atoms in total. The first kappa shape index (κ1) is 13.3. The number of thiophene rings is 1. The Morgan fingerprint density at radius 2 is 1.94 bits per heavy atom. The standard InChI is InChI=1S/C12H12F3NOS/c13-12(14,15)11(17)9(16)5-7-6-18-10-4-2-1-3-8(7)10/h1-4,6,9,11,17H,5,16H2. The molecule has 0 spiro atoms. The van der Waals surface area contributed by atoms with Gasteiger partial charge in [-0.3, -0.25) is 0 Å². The highest BCUT2D eigenvalue weighted by molar-refractivity contribution is 7.17. The minimum atomic E-state index is -4.68. The largest absolute Gasteiger partial charge is 0.415 e. The molecule has 3 N–H and O–H groups in total. The quantitative estimate of drug-likeness (QED) is 0.904. The molecule has 0 aliphatic heterocycles. The molecule has 2 rings (SSSR count). The van der Waals surface area contributed by atoms with Gasteiger partial charge in [-0.05, 0) is 28.8 Å². The molecular formula is C12H12F3NOS. The first-order valence-corrected chi connectivity index (χ1v) is 6.23. The normalized spacial score (nSPS) is 15.8. The number of benzene rings is 1. The van der Waals surface area contributed by atoms with E-state index in [1.807, 2.05) is 24.3 Å². The molecular weight excluding hydrogens is 263 g/mol. The second kappa shape index (κ2) is 4.87. The number of alkyl halides is 3. The van der Waals surface area contributed by atoms with Gasteiger partial charge in [0.25, 0.3) is 0 Å². The Hall–Kier alpha value is -1.11. The molecule has 0 radical (unpaired) electrons. The molecule has 2 atom stereocenters. The maximum Gasteiger partial charge on any atom is 0.415 e. The molecule has 0 aliphatic carbocycles. The molecule has 1 aromatic heterocycles. The lowest BCUT2D eigenvalue weighted by Gasteiger charge is -2.21. The molecule has 0 saturated heterocycles. The van der Waals surface area contributed by atoms with Crippen molar-refractivity contribution in [2.45, 2.75) is 24.7 Å². The van der Waals surface area contributed by atoms with Crippen molar-refractivity contribution in [3.05, 3.63) is 35.2 Å². The van der Waals surface area contributed by atoms with Crippen LogP contribution in [0.2, 0.25) is 0 Å². The van der Waals surface area contributed by atoms with Gasteiger partial charge in [-0.2, -0.15) is 13.2 Å². The SMILES string of the molecule is NC(Cc1csc2ccccc12)C(O)C(F)(F)F. The summed E-state index contributed by atoms with van der Waals surface area (Å²) in [5.74, 6) is 0. The van der Waals surface area contributed by atoms with Crippen molar-refractivity contribution in [1.82, 2.24) is 0 Å². The molecule has 0 aliphatic rings. The zero-order chi connectivity index (χ0) is 13.3. The predicted octanol–water partition coefficient (Wildman–Crippen LogP) is 2.69. The Bertz CT molecular complexity index is 537. The van der Waals surface area contributed by atoms with Crippen LogP contribution < -0.4 is 5.73 Å². The van der Waals surface area contributed by atoms with Crippen LogP contribution in [0.4, 0.5) is 13.2 Å². The maximum absolute atomic E-state index is 12.3. The minimum absolute atomic E-state index is 0.00465. The summed E-state index contributed by atoms with van der Waals surface area (Å²) < 4.78 is 37.9. The van der Waals surface area contributed by atoms with Crippen LogP contribution in [-0.2, 0) is 6.42 Å². The van der Waals surface area contributed by atoms with Crippen LogP contribution in [0.1, 0.15) is 5.56 Å². The number of nitrogens with two attached hydrogens (primary N) is 1. The second-order valence-electron chi connectivity index (χ2n) is 4.11. The summed E-state index contributed by atoms with van der Waals surface area (Å²) in [7, 11) is 0. The number of hydrogen-bond acceptors (Lipinski definition) is 3. The van der Waals surface area contributed by atoms with Gasteiger partial charge in [-0.25, -0.2) is 0 Å². The third kappa shape index (κ3) is 2.66. The van der Waals surface area contributed by atoms with Gasteiger partial charge in [0.2, 0.25) is 0 Å². The van der Waals surface area contributed by atoms with Crippen molar-refractivity contribution in [1.29, 1.82) is 0 Å². The first-order chi connectivity index (χ1) is 8.39. The molecule has 98 valence electrons. The molecule has 6 heteroatoms. The van der Waals surface area contributed by atoms with Crippen LogP contribution in [-0.4, -0.2) is 23.4 Å². The summed E-state index contributed by atoms with van der Waals surface area (Å²) in [6.45, 7) is 0. The summed E-state index contributed by atoms with van der Waals surface area (Å²) in [4.78, 5) is 0. The smallest absolute Gasteiger partial charge is 0.382 e. The highest BCUT2D eigenvalue weighted by atomic mass is 32.1. The van der Waals surface area contributed by atoms with Crippen LogP contribution in [0.25, 0.3) is 10.1 Å². The first-order valence-electron chi connectivity index (χ1n) is 5.35. The number of hydrogen-bond donors (Lipinski definition) is 2. The average molecular weight is 275 g/mol. The van der Waals surface area contributed by atoms with Gasteiger partial charge < -0.3 is 10.8 Å². The van der Waals surface area contributed by atoms with Crippen molar-refractivity contribution in [3.8, 4) is 0 Å². The number of aliphatic hydroxyl groups is 1. The Labute approximate surface area is 106 Å². The van der Waals surface area contributed by atoms with Crippen molar-refractivity contribution in [3.63, 3.8) is 0 Å². The Morgan fingerprint density at radius 1 is 1.28 bits per heavy atom. The van der Waals surface area contributed by atoms with Gasteiger partial charge in [0, 0.05) is 10.7 Å². The van der Waals surface area contributed by atoms with Crippen LogP contribution >= 0.6 is 11.3 Å². The van der Waals surface area contributed by atoms with Crippen molar-refractivity contribution < 1.29 is 18.3 Å². The predicted molar refractivity (Wildman–Crippen MR) is 65.6 cm³/mol. The van der Waals surface area contributed by atoms with E-state index in [1.54, 1.807) is 5.38 Å². The van der Waals surface area contributed by atoms with Gasteiger partial charge in [0.15, 0.2) is 6.10 Å². The third-order valence-electron chi connectivity index (χ3n) is 2.76. The Balaban J connectivity index is 2.19. The zero-order valence-electron chi connectivity index (χ0n) is 9.32. The molecule has 2 aromatic rings. The van der Waals surface area contributed by atoms with E-state index in [1.165, 1.54) is 11.3 Å². The molecule has 2 unspecified atom stereocenters. The summed E-state index contributed by atoms with van der Waals surface area (Å²) in [6.07, 6.45) is -7.16. The van der Waals surface area contributed by atoms with E-state index in [0.29, 0.717) is 0 Å². The van der Waals surface area contributed by atoms with Crippen LogP contribution in [0.15, 0.2) is 29.6 Å². The van der Waals surface area contributed by atoms with Gasteiger partial charge in [-0.15, -0.1) is 11.3 Å². The van der Waals surface area contributed by atoms with E-state index in [9.17, 15) is 13.2 Å². The van der Waals surface area contributed by atoms with E-state index in [0.717, 1.165) is 15.6 Å². The number of fused-ring (bicyclic) bond motifs is 1. The lowest BCUT2D eigenvalue weighted by molar-refractivity contribution is -0.209. The summed E-state index contributed by atoms with van der Waals surface area (Å²) in [5, 5.41) is 11.8. The summed E-state index contributed by atoms with van der Waals surface area (Å²) in [6, 6.07) is 6.09. The minimum Gasteiger partial charge on any atom is -0.382 e. The fourth-order valence-electron chi connectivity index (χ4n) is 1.80. The van der Waals surface area contributed by atoms with E-state index in [-0.39, 0.29) is 6.42 Å². The summed E-state index contributed by atoms with van der Waals surface area (Å²) >= 11 is 1.46. The van der Waals surface area contributed by atoms with E-state index in [4.69, 9.17) is 10.8 Å². The van der Waals surface area contributed by atoms with Crippen molar-refractivity contribution in [2.24, 2.45) is 5.73 Å². The number of aliphatic hydroxyl groups excluding tert-OH is 1. The topological polar surface area (TPSA) is 46.2 Å². The molecule has 0 amide bonds. The molecule has 0 saturated carbocycles. The van der Waals surface area contributed by atoms with Gasteiger partial charge in [0.05, 0.1) is 0 Å². The van der Waals surface area contributed by atoms with E-state index < -0.39 is 18.3 Å². The zero-order valence-corrected chi connectivity index (χ0v) is 10.1. The number of halogens is 3. The molecule has 18 heavy (non-hydrogen) atoms. The Morgan fingerprint density at radius 3 is 2.61 bits per heavy atom. The highest BCUT2D eigenvalue weighted by Gasteiger charge is 2.42. The Kier molecular flexibility index (Phi) is 3.61. The van der Waals surface area contributed by atoms with Crippen LogP contribution in [0.3, 0.4) is 0 Å². The lowest BCUT2D eigenvalue weighted by atomic mass is 10.0.